The maximum atomic E-state index is 10.6. The molecular weight excluding hydrogens is 198 g/mol. The highest BCUT2D eigenvalue weighted by molar-refractivity contribution is 7.13. The zero-order valence-corrected chi connectivity index (χ0v) is 8.43. The summed E-state index contributed by atoms with van der Waals surface area (Å²) in [6.45, 7) is 1.44. The Balaban J connectivity index is 2.37. The van der Waals surface area contributed by atoms with Gasteiger partial charge in [-0.15, -0.1) is 23.7 Å². The summed E-state index contributed by atoms with van der Waals surface area (Å²) in [6.07, 6.45) is 5.78. The molecule has 1 heterocycles. The van der Waals surface area contributed by atoms with Gasteiger partial charge in [0.15, 0.2) is 0 Å². The average Bonchev–Trinajstić information content (AvgIpc) is 2.61. The number of carboxylic acid groups (broad SMARTS) is 1. The normalized spacial score (nSPS) is 9.64. The smallest absolute Gasteiger partial charge is 0.345 e. The average molecular weight is 209 g/mol. The van der Waals surface area contributed by atoms with Crippen LogP contribution in [0.15, 0.2) is 12.1 Å². The molecule has 0 amide bonds. The molecule has 0 atom stereocenters. The van der Waals surface area contributed by atoms with Crippen molar-refractivity contribution < 1.29 is 9.90 Å². The molecule has 0 saturated heterocycles. The number of hydrogen-bond acceptors (Lipinski definition) is 3. The van der Waals surface area contributed by atoms with Crippen molar-refractivity contribution in [2.45, 2.75) is 13.0 Å². The topological polar surface area (TPSA) is 49.3 Å². The van der Waals surface area contributed by atoms with Crippen molar-refractivity contribution >= 4 is 17.3 Å². The minimum atomic E-state index is -0.870. The van der Waals surface area contributed by atoms with Crippen molar-refractivity contribution in [3.8, 4) is 12.3 Å². The highest BCUT2D eigenvalue weighted by atomic mass is 32.1. The van der Waals surface area contributed by atoms with E-state index in [4.69, 9.17) is 11.5 Å². The molecule has 0 unspecified atom stereocenters. The Morgan fingerprint density at radius 3 is 3.00 bits per heavy atom. The van der Waals surface area contributed by atoms with Crippen LogP contribution in [0.5, 0.6) is 0 Å². The summed E-state index contributed by atoms with van der Waals surface area (Å²) in [5.74, 6) is 1.65. The van der Waals surface area contributed by atoms with Gasteiger partial charge in [-0.3, -0.25) is 0 Å². The van der Waals surface area contributed by atoms with Crippen LogP contribution in [0.1, 0.15) is 21.0 Å². The molecule has 0 bridgehead atoms. The molecular formula is C10H11NO2S. The fraction of sp³-hybridized carbons (Fsp3) is 0.300. The molecule has 0 aliphatic carbocycles. The van der Waals surface area contributed by atoms with Crippen LogP contribution in [0.4, 0.5) is 0 Å². The fourth-order valence-electron chi connectivity index (χ4n) is 0.960. The van der Waals surface area contributed by atoms with Gasteiger partial charge in [0.05, 0.1) is 0 Å². The van der Waals surface area contributed by atoms with Crippen molar-refractivity contribution in [3.05, 3.63) is 21.9 Å². The Bertz CT molecular complexity index is 351. The van der Waals surface area contributed by atoms with Gasteiger partial charge in [0.1, 0.15) is 4.88 Å². The quantitative estimate of drug-likeness (QED) is 0.571. The van der Waals surface area contributed by atoms with E-state index in [0.29, 0.717) is 17.8 Å². The van der Waals surface area contributed by atoms with Gasteiger partial charge in [-0.1, -0.05) is 0 Å². The molecule has 1 aromatic heterocycles. The van der Waals surface area contributed by atoms with Crippen LogP contribution in [-0.2, 0) is 6.54 Å². The van der Waals surface area contributed by atoms with E-state index in [1.54, 1.807) is 6.07 Å². The molecule has 3 nitrogen and oxygen atoms in total. The molecule has 0 saturated carbocycles. The Kier molecular flexibility index (Phi) is 4.17. The van der Waals surface area contributed by atoms with Gasteiger partial charge in [-0.2, -0.15) is 0 Å². The second-order valence-electron chi connectivity index (χ2n) is 2.70. The summed E-state index contributed by atoms with van der Waals surface area (Å²) in [5, 5.41) is 11.8. The fourth-order valence-corrected chi connectivity index (χ4v) is 1.78. The maximum absolute atomic E-state index is 10.6. The molecule has 1 rings (SSSR count). The molecule has 0 aliphatic heterocycles. The summed E-state index contributed by atoms with van der Waals surface area (Å²) >= 11 is 1.29. The maximum Gasteiger partial charge on any atom is 0.345 e. The van der Waals surface area contributed by atoms with Gasteiger partial charge >= 0.3 is 5.97 Å². The molecule has 0 aromatic carbocycles. The van der Waals surface area contributed by atoms with E-state index in [9.17, 15) is 4.79 Å². The Labute approximate surface area is 86.8 Å². The molecule has 0 spiro atoms. The second kappa shape index (κ2) is 5.43. The number of carbonyl (C=O) groups is 1. The third-order valence-corrected chi connectivity index (χ3v) is 2.69. The van der Waals surface area contributed by atoms with Gasteiger partial charge in [0, 0.05) is 24.4 Å². The number of aromatic carboxylic acids is 1. The van der Waals surface area contributed by atoms with Gasteiger partial charge in [-0.25, -0.2) is 4.79 Å². The van der Waals surface area contributed by atoms with Crippen molar-refractivity contribution in [2.75, 3.05) is 6.54 Å². The van der Waals surface area contributed by atoms with Gasteiger partial charge in [0.2, 0.25) is 0 Å². The van der Waals surface area contributed by atoms with Crippen LogP contribution < -0.4 is 5.32 Å². The number of thiophene rings is 1. The van der Waals surface area contributed by atoms with Crippen LogP contribution in [0.3, 0.4) is 0 Å². The number of nitrogens with one attached hydrogen (secondary N) is 1. The number of terminal acetylenes is 1. The lowest BCUT2D eigenvalue weighted by atomic mass is 10.4. The number of hydrogen-bond donors (Lipinski definition) is 2. The minimum absolute atomic E-state index is 0.374. The van der Waals surface area contributed by atoms with Crippen molar-refractivity contribution in [3.63, 3.8) is 0 Å². The minimum Gasteiger partial charge on any atom is -0.477 e. The van der Waals surface area contributed by atoms with Crippen LogP contribution in [0.2, 0.25) is 0 Å². The van der Waals surface area contributed by atoms with Gasteiger partial charge < -0.3 is 10.4 Å². The summed E-state index contributed by atoms with van der Waals surface area (Å²) in [4.78, 5) is 11.9. The van der Waals surface area contributed by atoms with Gasteiger partial charge in [-0.05, 0) is 12.1 Å². The van der Waals surface area contributed by atoms with Gasteiger partial charge in [0.25, 0.3) is 0 Å². The molecule has 74 valence electrons. The molecule has 0 aliphatic rings. The Morgan fingerprint density at radius 2 is 2.43 bits per heavy atom. The van der Waals surface area contributed by atoms with Crippen molar-refractivity contribution in [1.82, 2.24) is 5.32 Å². The van der Waals surface area contributed by atoms with Crippen LogP contribution in [0.25, 0.3) is 0 Å². The van der Waals surface area contributed by atoms with Crippen LogP contribution >= 0.6 is 11.3 Å². The Morgan fingerprint density at radius 1 is 1.64 bits per heavy atom. The number of carboxylic acids is 1. The van der Waals surface area contributed by atoms with Crippen molar-refractivity contribution in [2.24, 2.45) is 0 Å². The molecule has 0 fully saturated rings. The predicted molar refractivity (Wildman–Crippen MR) is 56.4 cm³/mol. The summed E-state index contributed by atoms with van der Waals surface area (Å²) in [7, 11) is 0. The summed E-state index contributed by atoms with van der Waals surface area (Å²) < 4.78 is 0. The number of rotatable bonds is 5. The highest BCUT2D eigenvalue weighted by Gasteiger charge is 2.05. The van der Waals surface area contributed by atoms with E-state index < -0.39 is 5.97 Å². The van der Waals surface area contributed by atoms with E-state index in [2.05, 4.69) is 11.2 Å². The van der Waals surface area contributed by atoms with Crippen LogP contribution in [0, 0.1) is 12.3 Å². The van der Waals surface area contributed by atoms with E-state index in [1.807, 2.05) is 6.07 Å². The molecule has 4 heteroatoms. The molecule has 2 N–H and O–H groups in total. The van der Waals surface area contributed by atoms with Crippen LogP contribution in [-0.4, -0.2) is 17.6 Å². The lowest BCUT2D eigenvalue weighted by molar-refractivity contribution is 0.0702. The van der Waals surface area contributed by atoms with E-state index in [1.165, 1.54) is 11.3 Å². The van der Waals surface area contributed by atoms with Crippen molar-refractivity contribution in [1.29, 1.82) is 0 Å². The molecule has 0 radical (unpaired) electrons. The Hall–Kier alpha value is -1.31. The SMILES string of the molecule is C#CCCNCc1ccc(C(=O)O)s1. The molecule has 14 heavy (non-hydrogen) atoms. The third kappa shape index (κ3) is 3.21. The first-order valence-corrected chi connectivity index (χ1v) is 5.02. The largest absolute Gasteiger partial charge is 0.477 e. The summed E-state index contributed by atoms with van der Waals surface area (Å²) in [6, 6.07) is 3.43. The predicted octanol–water partition coefficient (Wildman–Crippen LogP) is 1.56. The standard InChI is InChI=1S/C10H11NO2S/c1-2-3-6-11-7-8-4-5-9(14-8)10(12)13/h1,4-5,11H,3,6-7H2,(H,12,13). The van der Waals surface area contributed by atoms with E-state index >= 15 is 0 Å². The second-order valence-corrected chi connectivity index (χ2v) is 3.87. The van der Waals surface area contributed by atoms with E-state index in [-0.39, 0.29) is 0 Å². The highest BCUT2D eigenvalue weighted by Crippen LogP contribution is 2.15. The monoisotopic (exact) mass is 209 g/mol. The zero-order chi connectivity index (χ0) is 10.4. The lowest BCUT2D eigenvalue weighted by Crippen LogP contribution is -2.13. The summed E-state index contributed by atoms with van der Waals surface area (Å²) in [5.41, 5.74) is 0. The first kappa shape index (κ1) is 10.8. The first-order valence-electron chi connectivity index (χ1n) is 4.20. The third-order valence-electron chi connectivity index (χ3n) is 1.62. The first-order chi connectivity index (χ1) is 6.74. The lowest BCUT2D eigenvalue weighted by Gasteiger charge is -1.97. The van der Waals surface area contributed by atoms with E-state index in [0.717, 1.165) is 11.4 Å². The molecule has 1 aromatic rings. The zero-order valence-electron chi connectivity index (χ0n) is 7.62.